The van der Waals surface area contributed by atoms with Crippen molar-refractivity contribution in [2.45, 2.75) is 12.5 Å². The van der Waals surface area contributed by atoms with E-state index in [9.17, 15) is 5.11 Å². The van der Waals surface area contributed by atoms with Gasteiger partial charge < -0.3 is 10.4 Å². The maximum Gasteiger partial charge on any atom is 0.197 e. The number of aromatic hydroxyl groups is 1. The second-order valence-corrected chi connectivity index (χ2v) is 4.97. The molecular formula is C15H17N2O3+. The van der Waals surface area contributed by atoms with Gasteiger partial charge in [0.15, 0.2) is 5.69 Å². The monoisotopic (exact) mass is 273 g/mol. The topological polar surface area (TPSA) is 77.2 Å². The van der Waals surface area contributed by atoms with Crippen molar-refractivity contribution in [1.29, 1.82) is 0 Å². The summed E-state index contributed by atoms with van der Waals surface area (Å²) in [5.41, 5.74) is 3.76. The molecule has 20 heavy (non-hydrogen) atoms. The Labute approximate surface area is 116 Å². The van der Waals surface area contributed by atoms with E-state index in [2.05, 4.69) is 5.32 Å². The fourth-order valence-corrected chi connectivity index (χ4v) is 2.67. The number of hydrogen-bond donors (Lipinski definition) is 5. The van der Waals surface area contributed by atoms with Crippen LogP contribution in [0.3, 0.4) is 0 Å². The number of phenols is 1. The molecule has 0 fully saturated rings. The van der Waals surface area contributed by atoms with Gasteiger partial charge in [0.25, 0.3) is 0 Å². The number of hydrogen-bond acceptors (Lipinski definition) is 4. The van der Waals surface area contributed by atoms with Crippen molar-refractivity contribution >= 4 is 5.69 Å². The summed E-state index contributed by atoms with van der Waals surface area (Å²) in [6, 6.07) is 12.6. The summed E-state index contributed by atoms with van der Waals surface area (Å²) >= 11 is 0. The molecular weight excluding hydrogens is 256 g/mol. The lowest BCUT2D eigenvalue weighted by Crippen LogP contribution is -3.01. The summed E-state index contributed by atoms with van der Waals surface area (Å²) in [5, 5.41) is 30.4. The highest BCUT2D eigenvalue weighted by Gasteiger charge is 2.21. The lowest BCUT2D eigenvalue weighted by molar-refractivity contribution is -1.19. The number of rotatable bonds is 2. The summed E-state index contributed by atoms with van der Waals surface area (Å²) in [5.74, 6) is 0.291. The van der Waals surface area contributed by atoms with Crippen molar-refractivity contribution < 1.29 is 20.7 Å². The van der Waals surface area contributed by atoms with E-state index in [0.29, 0.717) is 11.4 Å². The molecule has 5 heteroatoms. The van der Waals surface area contributed by atoms with E-state index in [4.69, 9.17) is 10.4 Å². The number of quaternary nitrogens is 1. The molecule has 5 nitrogen and oxygen atoms in total. The van der Waals surface area contributed by atoms with Gasteiger partial charge in [-0.2, -0.15) is 10.4 Å². The number of fused-ring (bicyclic) bond motifs is 1. The molecule has 5 N–H and O–H groups in total. The van der Waals surface area contributed by atoms with E-state index in [1.165, 1.54) is 0 Å². The molecule has 0 radical (unpaired) electrons. The van der Waals surface area contributed by atoms with Gasteiger partial charge in [-0.1, -0.05) is 18.2 Å². The first-order valence-electron chi connectivity index (χ1n) is 6.55. The van der Waals surface area contributed by atoms with Gasteiger partial charge in [-0.05, 0) is 40.5 Å². The Kier molecular flexibility index (Phi) is 3.42. The SMILES string of the molecule is Oc1ccc2c(c1)CCNC2c1ccc([NH+](O)O)cc1. The van der Waals surface area contributed by atoms with Gasteiger partial charge in [-0.3, -0.25) is 0 Å². The molecule has 0 amide bonds. The smallest absolute Gasteiger partial charge is 0.197 e. The molecule has 0 spiro atoms. The van der Waals surface area contributed by atoms with Crippen molar-refractivity contribution in [2.24, 2.45) is 0 Å². The molecule has 2 aromatic carbocycles. The Morgan fingerprint density at radius 2 is 1.80 bits per heavy atom. The van der Waals surface area contributed by atoms with Gasteiger partial charge in [-0.15, -0.1) is 0 Å². The zero-order valence-corrected chi connectivity index (χ0v) is 10.9. The van der Waals surface area contributed by atoms with Crippen LogP contribution < -0.4 is 10.5 Å². The molecule has 104 valence electrons. The average Bonchev–Trinajstić information content (AvgIpc) is 2.46. The van der Waals surface area contributed by atoms with E-state index < -0.39 is 5.23 Å². The fourth-order valence-electron chi connectivity index (χ4n) is 2.67. The predicted octanol–water partition coefficient (Wildman–Crippen LogP) is 0.922. The Balaban J connectivity index is 1.96. The van der Waals surface area contributed by atoms with Gasteiger partial charge >= 0.3 is 0 Å². The molecule has 1 unspecified atom stereocenters. The van der Waals surface area contributed by atoms with Crippen LogP contribution >= 0.6 is 0 Å². The van der Waals surface area contributed by atoms with E-state index >= 15 is 0 Å². The van der Waals surface area contributed by atoms with Crippen molar-refractivity contribution in [3.63, 3.8) is 0 Å². The Morgan fingerprint density at radius 1 is 1.05 bits per heavy atom. The number of benzene rings is 2. The highest BCUT2D eigenvalue weighted by molar-refractivity contribution is 5.44. The third kappa shape index (κ3) is 2.39. The van der Waals surface area contributed by atoms with E-state index in [1.807, 2.05) is 24.3 Å². The first-order valence-corrected chi connectivity index (χ1v) is 6.55. The highest BCUT2D eigenvalue weighted by atomic mass is 16.8. The lowest BCUT2D eigenvalue weighted by atomic mass is 9.89. The summed E-state index contributed by atoms with van der Waals surface area (Å²) in [4.78, 5) is 0. The van der Waals surface area contributed by atoms with Gasteiger partial charge in [-0.25, -0.2) is 0 Å². The maximum atomic E-state index is 9.56. The molecule has 1 aliphatic heterocycles. The van der Waals surface area contributed by atoms with Crippen LogP contribution in [0.15, 0.2) is 42.5 Å². The summed E-state index contributed by atoms with van der Waals surface area (Å²) < 4.78 is 0. The summed E-state index contributed by atoms with van der Waals surface area (Å²) in [6.07, 6.45) is 0.892. The molecule has 0 aliphatic carbocycles. The minimum atomic E-state index is -0.668. The zero-order chi connectivity index (χ0) is 14.1. The Morgan fingerprint density at radius 3 is 2.50 bits per heavy atom. The zero-order valence-electron chi connectivity index (χ0n) is 10.9. The van der Waals surface area contributed by atoms with Crippen molar-refractivity contribution in [3.05, 3.63) is 59.2 Å². The molecule has 0 bridgehead atoms. The third-order valence-electron chi connectivity index (χ3n) is 3.68. The van der Waals surface area contributed by atoms with Crippen molar-refractivity contribution in [2.75, 3.05) is 6.54 Å². The van der Waals surface area contributed by atoms with Crippen LogP contribution in [0.5, 0.6) is 5.75 Å². The molecule has 2 aromatic rings. The van der Waals surface area contributed by atoms with Gasteiger partial charge in [0, 0.05) is 18.7 Å². The van der Waals surface area contributed by atoms with Crippen LogP contribution in [-0.2, 0) is 6.42 Å². The molecule has 0 aromatic heterocycles. The third-order valence-corrected chi connectivity index (χ3v) is 3.68. The molecule has 1 aliphatic rings. The van der Waals surface area contributed by atoms with Crippen LogP contribution in [0.1, 0.15) is 22.7 Å². The summed E-state index contributed by atoms with van der Waals surface area (Å²) in [6.45, 7) is 0.847. The first kappa shape index (κ1) is 13.1. The van der Waals surface area contributed by atoms with Gasteiger partial charge in [0.05, 0.1) is 6.04 Å². The van der Waals surface area contributed by atoms with Crippen LogP contribution in [0, 0.1) is 0 Å². The van der Waals surface area contributed by atoms with E-state index in [0.717, 1.165) is 29.7 Å². The van der Waals surface area contributed by atoms with Crippen LogP contribution in [0.2, 0.25) is 0 Å². The van der Waals surface area contributed by atoms with E-state index in [-0.39, 0.29) is 6.04 Å². The Bertz CT molecular complexity index is 611. The molecule has 3 rings (SSSR count). The average molecular weight is 273 g/mol. The first-order chi connectivity index (χ1) is 9.65. The molecule has 1 heterocycles. The van der Waals surface area contributed by atoms with Crippen LogP contribution in [0.4, 0.5) is 5.69 Å². The maximum absolute atomic E-state index is 9.56. The van der Waals surface area contributed by atoms with Gasteiger partial charge in [0.2, 0.25) is 0 Å². The number of nitrogens with one attached hydrogen (secondary N) is 2. The molecule has 1 atom stereocenters. The minimum Gasteiger partial charge on any atom is -0.508 e. The largest absolute Gasteiger partial charge is 0.508 e. The molecule has 0 saturated carbocycles. The fraction of sp³-hybridized carbons (Fsp3) is 0.200. The van der Waals surface area contributed by atoms with Crippen molar-refractivity contribution in [1.82, 2.24) is 5.32 Å². The minimum absolute atomic E-state index is 0.0641. The summed E-state index contributed by atoms with van der Waals surface area (Å²) in [7, 11) is 0. The van der Waals surface area contributed by atoms with Crippen LogP contribution in [0.25, 0.3) is 0 Å². The highest BCUT2D eigenvalue weighted by Crippen LogP contribution is 2.31. The molecule has 0 saturated heterocycles. The van der Waals surface area contributed by atoms with Gasteiger partial charge in [0.1, 0.15) is 5.75 Å². The second-order valence-electron chi connectivity index (χ2n) is 4.97. The quantitative estimate of drug-likeness (QED) is 0.527. The van der Waals surface area contributed by atoms with Crippen molar-refractivity contribution in [3.8, 4) is 5.75 Å². The van der Waals surface area contributed by atoms with Crippen LogP contribution in [-0.4, -0.2) is 22.1 Å². The Hall–Kier alpha value is -1.92. The van der Waals surface area contributed by atoms with E-state index in [1.54, 1.807) is 18.2 Å². The second kappa shape index (κ2) is 5.22. The normalized spacial score (nSPS) is 18.1. The lowest BCUT2D eigenvalue weighted by Gasteiger charge is -2.27. The predicted molar refractivity (Wildman–Crippen MR) is 72.3 cm³/mol. The number of phenolic OH excluding ortho intramolecular Hbond substituents is 1. The standard InChI is InChI=1S/C15H16N2O3/c18-13-5-6-14-11(9-13)7-8-16-15(14)10-1-3-12(4-2-10)17(19)20/h1-6,9,15-16,18-20H,7-8H2/p+1.